The third-order valence-corrected chi connectivity index (χ3v) is 5.32. The van der Waals surface area contributed by atoms with Crippen molar-refractivity contribution < 1.29 is 28.2 Å². The molecule has 0 aliphatic carbocycles. The highest BCUT2D eigenvalue weighted by Crippen LogP contribution is 2.36. The lowest BCUT2D eigenvalue weighted by Gasteiger charge is -2.04. The molecule has 3 aromatic carbocycles. The molecule has 7 heteroatoms. The Hall–Kier alpha value is -4.03. The average Bonchev–Trinajstić information content (AvgIpc) is 3.36. The van der Waals surface area contributed by atoms with Crippen LogP contribution in [0.4, 0.5) is 0 Å². The second-order valence-electron chi connectivity index (χ2n) is 7.00. The fourth-order valence-corrected chi connectivity index (χ4v) is 3.61. The molecule has 2 heterocycles. The van der Waals surface area contributed by atoms with Crippen LogP contribution in [0.2, 0.25) is 5.02 Å². The summed E-state index contributed by atoms with van der Waals surface area (Å²) in [5.41, 5.74) is 1.49. The number of fused-ring (bicyclic) bond motifs is 2. The normalized spacial score (nSPS) is 13.8. The number of halogens is 1. The van der Waals surface area contributed by atoms with E-state index >= 15 is 0 Å². The maximum atomic E-state index is 12.7. The minimum Gasteiger partial charge on any atom is -0.493 e. The van der Waals surface area contributed by atoms with E-state index in [-0.39, 0.29) is 23.1 Å². The van der Waals surface area contributed by atoms with E-state index in [1.54, 1.807) is 54.6 Å². The molecule has 0 N–H and O–H groups in total. The van der Waals surface area contributed by atoms with Crippen LogP contribution in [0.1, 0.15) is 26.5 Å². The van der Waals surface area contributed by atoms with E-state index in [1.165, 1.54) is 19.2 Å². The van der Waals surface area contributed by atoms with Crippen molar-refractivity contribution in [3.63, 3.8) is 0 Å². The molecule has 0 unspecified atom stereocenters. The van der Waals surface area contributed by atoms with Gasteiger partial charge in [-0.2, -0.15) is 0 Å². The van der Waals surface area contributed by atoms with Crippen LogP contribution in [0.15, 0.2) is 76.9 Å². The van der Waals surface area contributed by atoms with Gasteiger partial charge in [0.05, 0.1) is 12.7 Å². The van der Waals surface area contributed by atoms with Gasteiger partial charge in [0.2, 0.25) is 11.5 Å². The minimum absolute atomic E-state index is 0.0290. The quantitative estimate of drug-likeness (QED) is 0.220. The second-order valence-corrected chi connectivity index (χ2v) is 7.41. The van der Waals surface area contributed by atoms with Crippen molar-refractivity contribution >= 4 is 40.4 Å². The number of benzene rings is 3. The van der Waals surface area contributed by atoms with Crippen LogP contribution < -0.4 is 14.2 Å². The first-order valence-corrected chi connectivity index (χ1v) is 10.0. The lowest BCUT2D eigenvalue weighted by molar-refractivity contribution is 0.0703. The monoisotopic (exact) mass is 446 g/mol. The molecule has 0 atom stereocenters. The number of allylic oxidation sites excluding steroid dienone is 1. The van der Waals surface area contributed by atoms with Crippen molar-refractivity contribution in [3.8, 4) is 17.2 Å². The van der Waals surface area contributed by atoms with Crippen molar-refractivity contribution in [2.75, 3.05) is 7.11 Å². The summed E-state index contributed by atoms with van der Waals surface area (Å²) >= 11 is 6.17. The summed E-state index contributed by atoms with van der Waals surface area (Å²) in [6.45, 7) is 0. The first-order valence-electron chi connectivity index (χ1n) is 9.65. The number of methoxy groups -OCH3 is 1. The number of para-hydroxylation sites is 1. The Morgan fingerprint density at radius 2 is 1.88 bits per heavy atom. The zero-order chi connectivity index (χ0) is 22.2. The molecule has 0 spiro atoms. The highest BCUT2D eigenvalue weighted by molar-refractivity contribution is 6.32. The zero-order valence-corrected chi connectivity index (χ0v) is 17.5. The highest BCUT2D eigenvalue weighted by atomic mass is 35.5. The molecule has 158 valence electrons. The molecule has 1 aliphatic rings. The summed E-state index contributed by atoms with van der Waals surface area (Å²) in [6.07, 6.45) is 1.58. The van der Waals surface area contributed by atoms with E-state index in [0.717, 1.165) is 0 Å². The van der Waals surface area contributed by atoms with Gasteiger partial charge in [0, 0.05) is 16.5 Å². The highest BCUT2D eigenvalue weighted by Gasteiger charge is 2.28. The van der Waals surface area contributed by atoms with Crippen LogP contribution in [-0.4, -0.2) is 18.9 Å². The van der Waals surface area contributed by atoms with Crippen molar-refractivity contribution in [1.82, 2.24) is 0 Å². The molecule has 0 saturated carbocycles. The van der Waals surface area contributed by atoms with Gasteiger partial charge in [-0.05, 0) is 42.0 Å². The predicted octanol–water partition coefficient (Wildman–Crippen LogP) is 5.93. The molecule has 0 fully saturated rings. The van der Waals surface area contributed by atoms with Crippen LogP contribution in [0.5, 0.6) is 17.2 Å². The topological polar surface area (TPSA) is 75.0 Å². The third kappa shape index (κ3) is 3.50. The molecule has 0 saturated heterocycles. The Labute approximate surface area is 187 Å². The summed E-state index contributed by atoms with van der Waals surface area (Å²) in [6, 6.07) is 18.6. The summed E-state index contributed by atoms with van der Waals surface area (Å²) in [5, 5.41) is 1.22. The summed E-state index contributed by atoms with van der Waals surface area (Å²) in [7, 11) is 1.52. The first-order chi connectivity index (χ1) is 15.5. The Kier molecular flexibility index (Phi) is 4.92. The van der Waals surface area contributed by atoms with E-state index in [0.29, 0.717) is 38.6 Å². The molecule has 0 amide bonds. The van der Waals surface area contributed by atoms with Crippen LogP contribution in [-0.2, 0) is 0 Å². The Bertz CT molecular complexity index is 1420. The van der Waals surface area contributed by atoms with E-state index in [2.05, 4.69) is 0 Å². The molecule has 0 bridgehead atoms. The average molecular weight is 447 g/mol. The summed E-state index contributed by atoms with van der Waals surface area (Å²) in [4.78, 5) is 25.3. The van der Waals surface area contributed by atoms with Gasteiger partial charge in [-0.25, -0.2) is 4.79 Å². The number of hydrogen-bond acceptors (Lipinski definition) is 6. The fraction of sp³-hybridized carbons (Fsp3) is 0.0400. The molecule has 5 rings (SSSR count). The van der Waals surface area contributed by atoms with Crippen LogP contribution >= 0.6 is 11.6 Å². The van der Waals surface area contributed by atoms with Gasteiger partial charge in [0.1, 0.15) is 11.5 Å². The smallest absolute Gasteiger partial charge is 0.379 e. The van der Waals surface area contributed by atoms with Crippen molar-refractivity contribution in [2.45, 2.75) is 0 Å². The van der Waals surface area contributed by atoms with Crippen molar-refractivity contribution in [3.05, 3.63) is 94.4 Å². The Balaban J connectivity index is 1.39. The number of furan rings is 1. The SMILES string of the molecule is COc1cccc2cc(C(=O)Oc3ccc4c(c3)O/C(=C\c3ccccc3Cl)C4=O)oc12. The Morgan fingerprint density at radius 3 is 2.69 bits per heavy atom. The van der Waals surface area contributed by atoms with Crippen LogP contribution in [0.3, 0.4) is 0 Å². The number of esters is 1. The first kappa shape index (κ1) is 19.9. The van der Waals surface area contributed by atoms with Gasteiger partial charge < -0.3 is 18.6 Å². The summed E-state index contributed by atoms with van der Waals surface area (Å²) < 4.78 is 22.0. The third-order valence-electron chi connectivity index (χ3n) is 4.97. The standard InChI is InChI=1S/C25H15ClO6/c1-29-19-8-4-6-15-12-22(32-24(15)19)25(28)30-16-9-10-17-20(13-16)31-21(23(17)27)11-14-5-2-3-7-18(14)26/h2-13H,1H3/b21-11-. The zero-order valence-electron chi connectivity index (χ0n) is 16.8. The second kappa shape index (κ2) is 7.90. The number of carbonyl (C=O) groups is 2. The van der Waals surface area contributed by atoms with E-state index in [1.807, 2.05) is 6.07 Å². The molecule has 6 nitrogen and oxygen atoms in total. The van der Waals surface area contributed by atoms with Crippen LogP contribution in [0, 0.1) is 0 Å². The van der Waals surface area contributed by atoms with Gasteiger partial charge in [0.15, 0.2) is 17.1 Å². The molecule has 32 heavy (non-hydrogen) atoms. The van der Waals surface area contributed by atoms with Crippen LogP contribution in [0.25, 0.3) is 17.0 Å². The number of ether oxygens (including phenoxy) is 3. The van der Waals surface area contributed by atoms with Crippen molar-refractivity contribution in [1.29, 1.82) is 0 Å². The van der Waals surface area contributed by atoms with Gasteiger partial charge in [0.25, 0.3) is 0 Å². The van der Waals surface area contributed by atoms with Gasteiger partial charge in [-0.3, -0.25) is 4.79 Å². The predicted molar refractivity (Wildman–Crippen MR) is 119 cm³/mol. The number of carbonyl (C=O) groups excluding carboxylic acids is 2. The van der Waals surface area contributed by atoms with Gasteiger partial charge in [-0.15, -0.1) is 0 Å². The molecule has 1 aliphatic heterocycles. The van der Waals surface area contributed by atoms with E-state index in [9.17, 15) is 9.59 Å². The fourth-order valence-electron chi connectivity index (χ4n) is 3.42. The lowest BCUT2D eigenvalue weighted by atomic mass is 10.1. The van der Waals surface area contributed by atoms with Gasteiger partial charge in [-0.1, -0.05) is 41.9 Å². The molecule has 1 aromatic heterocycles. The van der Waals surface area contributed by atoms with E-state index < -0.39 is 5.97 Å². The lowest BCUT2D eigenvalue weighted by Crippen LogP contribution is -2.07. The Morgan fingerprint density at radius 1 is 1.03 bits per heavy atom. The maximum absolute atomic E-state index is 12.7. The summed E-state index contributed by atoms with van der Waals surface area (Å²) in [5.74, 6) is 0.241. The number of Topliss-reactive ketones (excluding diaryl/α,β-unsaturated/α-hetero) is 1. The molecule has 0 radical (unpaired) electrons. The van der Waals surface area contributed by atoms with E-state index in [4.69, 9.17) is 30.2 Å². The van der Waals surface area contributed by atoms with Gasteiger partial charge >= 0.3 is 5.97 Å². The molecular formula is C25H15ClO6. The number of hydrogen-bond donors (Lipinski definition) is 0. The minimum atomic E-state index is -0.681. The van der Waals surface area contributed by atoms with Crippen molar-refractivity contribution in [2.24, 2.45) is 0 Å². The number of ketones is 1. The largest absolute Gasteiger partial charge is 0.493 e. The maximum Gasteiger partial charge on any atom is 0.379 e. The molecular weight excluding hydrogens is 432 g/mol. The number of rotatable bonds is 4. The molecule has 4 aromatic rings.